The second-order valence-electron chi connectivity index (χ2n) is 9.26. The van der Waals surface area contributed by atoms with Gasteiger partial charge in [0.2, 0.25) is 0 Å². The van der Waals surface area contributed by atoms with E-state index in [4.69, 9.17) is 12.6 Å². The van der Waals surface area contributed by atoms with Crippen molar-refractivity contribution in [1.82, 2.24) is 4.90 Å². The molecule has 1 saturated carbocycles. The topological polar surface area (TPSA) is 12.5 Å². The molecule has 138 valence electrons. The number of hydrogen-bond donors (Lipinski definition) is 0. The molecule has 1 aliphatic heterocycles. The second kappa shape index (κ2) is 9.08. The van der Waals surface area contributed by atoms with E-state index in [2.05, 4.69) is 32.6 Å². The predicted octanol–water partition coefficient (Wildman–Crippen LogP) is 5.22. The van der Waals surface area contributed by atoms with Gasteiger partial charge in [0, 0.05) is 24.7 Å². The van der Waals surface area contributed by atoms with Crippen LogP contribution in [0, 0.1) is 11.8 Å². The first kappa shape index (κ1) is 20.3. The molecule has 1 heterocycles. The molecule has 0 aromatic rings. The number of hydrogen-bond acceptors (Lipinski definition) is 2. The van der Waals surface area contributed by atoms with Crippen molar-refractivity contribution in [3.05, 3.63) is 0 Å². The van der Waals surface area contributed by atoms with Crippen LogP contribution in [0.5, 0.6) is 0 Å². The highest BCUT2D eigenvalue weighted by molar-refractivity contribution is 6.11. The van der Waals surface area contributed by atoms with Gasteiger partial charge in [0.15, 0.2) is 0 Å². The third-order valence-corrected chi connectivity index (χ3v) is 6.37. The Hall–Kier alpha value is -0.0151. The van der Waals surface area contributed by atoms with Crippen LogP contribution < -0.4 is 0 Å². The summed E-state index contributed by atoms with van der Waals surface area (Å²) in [7, 11) is 8.35. The summed E-state index contributed by atoms with van der Waals surface area (Å²) in [6.45, 7) is 10.4. The van der Waals surface area contributed by atoms with Gasteiger partial charge in [-0.2, -0.15) is 0 Å². The molecule has 2 nitrogen and oxygen atoms in total. The minimum Gasteiger partial charge on any atom is -0.383 e. The predicted molar refractivity (Wildman–Crippen MR) is 105 cm³/mol. The lowest BCUT2D eigenvalue weighted by Crippen LogP contribution is -2.64. The number of likely N-dealkylation sites (tertiary alicyclic amines) is 1. The number of piperidine rings is 1. The summed E-state index contributed by atoms with van der Waals surface area (Å²) in [4.78, 5) is 2.88. The summed E-state index contributed by atoms with van der Waals surface area (Å²) in [6, 6.07) is 1.26. The number of nitrogens with zero attached hydrogens (tertiary/aromatic N) is 1. The Bertz CT molecular complexity index is 373. The van der Waals surface area contributed by atoms with Crippen molar-refractivity contribution >= 4 is 7.85 Å². The van der Waals surface area contributed by atoms with Crippen LogP contribution in [0.4, 0.5) is 0 Å². The zero-order chi connectivity index (χ0) is 17.7. The highest BCUT2D eigenvalue weighted by Crippen LogP contribution is 2.46. The van der Waals surface area contributed by atoms with Gasteiger partial charge in [-0.25, -0.2) is 0 Å². The third kappa shape index (κ3) is 4.78. The van der Waals surface area contributed by atoms with E-state index < -0.39 is 0 Å². The molecular weight excluding hydrogens is 293 g/mol. The fourth-order valence-corrected chi connectivity index (χ4v) is 5.82. The molecule has 4 unspecified atom stereocenters. The monoisotopic (exact) mass is 333 g/mol. The van der Waals surface area contributed by atoms with Crippen molar-refractivity contribution in [3.8, 4) is 0 Å². The largest absolute Gasteiger partial charge is 0.383 e. The summed E-state index contributed by atoms with van der Waals surface area (Å²) in [5, 5.41) is 0. The smallest absolute Gasteiger partial charge is 0.0699 e. The minimum absolute atomic E-state index is 0.219. The molecule has 0 N–H and O–H groups in total. The maximum Gasteiger partial charge on any atom is 0.0699 e. The van der Waals surface area contributed by atoms with Crippen LogP contribution in [0.1, 0.15) is 85.5 Å². The molecule has 1 saturated heterocycles. The average molecular weight is 333 g/mol. The average Bonchev–Trinajstić information content (AvgIpc) is 2.56. The van der Waals surface area contributed by atoms with Crippen molar-refractivity contribution in [2.24, 2.45) is 11.8 Å². The van der Waals surface area contributed by atoms with E-state index in [0.717, 1.165) is 12.5 Å². The van der Waals surface area contributed by atoms with E-state index >= 15 is 0 Å². The van der Waals surface area contributed by atoms with Crippen molar-refractivity contribution < 1.29 is 4.74 Å². The van der Waals surface area contributed by atoms with Gasteiger partial charge in [-0.3, -0.25) is 4.90 Å². The van der Waals surface area contributed by atoms with Crippen LogP contribution >= 0.6 is 0 Å². The van der Waals surface area contributed by atoms with Gasteiger partial charge in [-0.15, -0.1) is 0 Å². The molecular formula is C21H40BNO. The molecule has 1 aliphatic carbocycles. The van der Waals surface area contributed by atoms with Crippen LogP contribution in [-0.2, 0) is 4.74 Å². The molecule has 2 radical (unpaired) electrons. The molecule has 2 fully saturated rings. The fourth-order valence-electron chi connectivity index (χ4n) is 5.82. The van der Waals surface area contributed by atoms with Gasteiger partial charge in [-0.05, 0) is 51.4 Å². The Labute approximate surface area is 152 Å². The Morgan fingerprint density at radius 1 is 1.08 bits per heavy atom. The molecule has 0 spiro atoms. The van der Waals surface area contributed by atoms with E-state index in [1.807, 2.05) is 7.11 Å². The number of rotatable bonds is 5. The summed E-state index contributed by atoms with van der Waals surface area (Å²) in [6.07, 6.45) is 11.7. The summed E-state index contributed by atoms with van der Waals surface area (Å²) in [5.74, 6) is 1.89. The van der Waals surface area contributed by atoms with Crippen LogP contribution in [0.15, 0.2) is 0 Å². The zero-order valence-corrected chi connectivity index (χ0v) is 16.9. The SMILES string of the molecule is [B]C1CCCCCC2C(CCC(COC)(CC(C)C)N2C(C)C)C1. The van der Waals surface area contributed by atoms with Gasteiger partial charge in [0.05, 0.1) is 14.5 Å². The number of ether oxygens (including phenoxy) is 1. The van der Waals surface area contributed by atoms with Gasteiger partial charge in [0.1, 0.15) is 0 Å². The highest BCUT2D eigenvalue weighted by Gasteiger charge is 2.48. The Morgan fingerprint density at radius 2 is 1.79 bits per heavy atom. The van der Waals surface area contributed by atoms with Crippen LogP contribution in [0.3, 0.4) is 0 Å². The summed E-state index contributed by atoms with van der Waals surface area (Å²) < 4.78 is 5.78. The first-order valence-electron chi connectivity index (χ1n) is 10.4. The molecule has 2 aliphatic rings. The summed E-state index contributed by atoms with van der Waals surface area (Å²) in [5.41, 5.74) is 0.219. The molecule has 0 amide bonds. The van der Waals surface area contributed by atoms with Gasteiger partial charge < -0.3 is 4.74 Å². The van der Waals surface area contributed by atoms with E-state index in [-0.39, 0.29) is 5.54 Å². The van der Waals surface area contributed by atoms with E-state index in [1.165, 1.54) is 57.8 Å². The zero-order valence-electron chi connectivity index (χ0n) is 16.9. The normalized spacial score (nSPS) is 36.2. The van der Waals surface area contributed by atoms with Crippen molar-refractivity contribution in [1.29, 1.82) is 0 Å². The van der Waals surface area contributed by atoms with Crippen LogP contribution in [0.25, 0.3) is 0 Å². The second-order valence-corrected chi connectivity index (χ2v) is 9.26. The van der Waals surface area contributed by atoms with Crippen LogP contribution in [0.2, 0.25) is 5.82 Å². The van der Waals surface area contributed by atoms with E-state index in [0.29, 0.717) is 23.8 Å². The number of fused-ring (bicyclic) bond motifs is 1. The highest BCUT2D eigenvalue weighted by atomic mass is 16.5. The Morgan fingerprint density at radius 3 is 2.42 bits per heavy atom. The minimum atomic E-state index is 0.219. The Kier molecular flexibility index (Phi) is 7.68. The molecule has 3 heteroatoms. The number of methoxy groups -OCH3 is 1. The molecule has 4 atom stereocenters. The maximum atomic E-state index is 6.47. The quantitative estimate of drug-likeness (QED) is 0.640. The van der Waals surface area contributed by atoms with E-state index in [9.17, 15) is 0 Å². The standard InChI is InChI=1S/C21H40BNO/c1-16(2)14-21(15-24-5)12-11-18-13-19(22)9-7-6-8-10-20(18)23(21)17(3)4/h16-20H,6-15H2,1-5H3. The lowest BCUT2D eigenvalue weighted by atomic mass is 9.67. The van der Waals surface area contributed by atoms with Gasteiger partial charge in [-0.1, -0.05) is 51.8 Å². The molecule has 0 bridgehead atoms. The first-order chi connectivity index (χ1) is 11.4. The fraction of sp³-hybridized carbons (Fsp3) is 1.00. The molecule has 2 rings (SSSR count). The van der Waals surface area contributed by atoms with Crippen molar-refractivity contribution in [2.75, 3.05) is 13.7 Å². The van der Waals surface area contributed by atoms with E-state index in [1.54, 1.807) is 0 Å². The third-order valence-electron chi connectivity index (χ3n) is 6.37. The first-order valence-corrected chi connectivity index (χ1v) is 10.4. The molecule has 0 aromatic heterocycles. The van der Waals surface area contributed by atoms with Gasteiger partial charge >= 0.3 is 0 Å². The van der Waals surface area contributed by atoms with Crippen LogP contribution in [-0.4, -0.2) is 44.1 Å². The maximum absolute atomic E-state index is 6.47. The Balaban J connectivity index is 2.31. The summed E-state index contributed by atoms with van der Waals surface area (Å²) >= 11 is 0. The lowest BCUT2D eigenvalue weighted by Gasteiger charge is -2.57. The van der Waals surface area contributed by atoms with Gasteiger partial charge in [0.25, 0.3) is 0 Å². The van der Waals surface area contributed by atoms with Crippen molar-refractivity contribution in [3.63, 3.8) is 0 Å². The molecule has 24 heavy (non-hydrogen) atoms. The molecule has 0 aromatic carbocycles. The lowest BCUT2D eigenvalue weighted by molar-refractivity contribution is -0.101. The van der Waals surface area contributed by atoms with Crippen molar-refractivity contribution in [2.45, 2.75) is 109 Å².